The van der Waals surface area contributed by atoms with Crippen molar-refractivity contribution in [3.8, 4) is 11.5 Å². The quantitative estimate of drug-likeness (QED) is 0.193. The standard InChI is InChI=1S/C26H18Cl3IN2O5S/c1-36-21-10-15(9-19(30)24(21)37-13-14-6-7-16(27)18(29)8-14)11-22-25(34)32(26(35)38-22)12-23(33)31-20-5-3-2-4-17(20)28/h2-11H,12-13H2,1H3,(H,31,33)/b22-11+. The van der Waals surface area contributed by atoms with E-state index in [0.717, 1.165) is 25.8 Å². The van der Waals surface area contributed by atoms with Crippen LogP contribution in [0.15, 0.2) is 59.5 Å². The molecule has 1 saturated heterocycles. The molecule has 1 aliphatic heterocycles. The smallest absolute Gasteiger partial charge is 0.294 e. The third kappa shape index (κ3) is 6.76. The summed E-state index contributed by atoms with van der Waals surface area (Å²) in [5.74, 6) is -0.146. The van der Waals surface area contributed by atoms with Crippen LogP contribution in [0.4, 0.5) is 10.5 Å². The molecule has 1 aliphatic rings. The van der Waals surface area contributed by atoms with Crippen LogP contribution in [-0.2, 0) is 16.2 Å². The maximum atomic E-state index is 12.9. The first kappa shape index (κ1) is 28.6. The van der Waals surface area contributed by atoms with Gasteiger partial charge in [-0.3, -0.25) is 19.3 Å². The number of benzene rings is 3. The Bertz CT molecular complexity index is 1470. The molecule has 1 heterocycles. The summed E-state index contributed by atoms with van der Waals surface area (Å²) < 4.78 is 12.2. The Labute approximate surface area is 251 Å². The Morgan fingerprint density at radius 2 is 1.82 bits per heavy atom. The van der Waals surface area contributed by atoms with Gasteiger partial charge in [-0.1, -0.05) is 53.0 Å². The van der Waals surface area contributed by atoms with Crippen LogP contribution >= 0.6 is 69.2 Å². The highest BCUT2D eigenvalue weighted by Gasteiger charge is 2.36. The summed E-state index contributed by atoms with van der Waals surface area (Å²) in [6.07, 6.45) is 1.57. The summed E-state index contributed by atoms with van der Waals surface area (Å²) in [6, 6.07) is 15.4. The number of hydrogen-bond donors (Lipinski definition) is 1. The summed E-state index contributed by atoms with van der Waals surface area (Å²) in [7, 11) is 1.51. The lowest BCUT2D eigenvalue weighted by atomic mass is 10.1. The summed E-state index contributed by atoms with van der Waals surface area (Å²) in [5, 5.41) is 3.30. The minimum atomic E-state index is -0.566. The number of rotatable bonds is 8. The van der Waals surface area contributed by atoms with E-state index in [1.165, 1.54) is 7.11 Å². The molecule has 0 atom stereocenters. The van der Waals surface area contributed by atoms with Gasteiger partial charge in [-0.2, -0.15) is 0 Å². The molecule has 0 saturated carbocycles. The Kier molecular flexibility index (Phi) is 9.48. The Morgan fingerprint density at radius 1 is 1.05 bits per heavy atom. The van der Waals surface area contributed by atoms with Gasteiger partial charge >= 0.3 is 0 Å². The van der Waals surface area contributed by atoms with Crippen LogP contribution in [0.3, 0.4) is 0 Å². The molecule has 0 spiro atoms. The molecular formula is C26H18Cl3IN2O5S. The van der Waals surface area contributed by atoms with Crippen LogP contribution in [0.25, 0.3) is 6.08 Å². The molecule has 0 aliphatic carbocycles. The van der Waals surface area contributed by atoms with Gasteiger partial charge in [-0.15, -0.1) is 0 Å². The third-order valence-electron chi connectivity index (χ3n) is 5.24. The minimum absolute atomic E-state index is 0.183. The van der Waals surface area contributed by atoms with E-state index in [1.807, 2.05) is 6.07 Å². The predicted octanol–water partition coefficient (Wildman–Crippen LogP) is 7.51. The number of hydrogen-bond acceptors (Lipinski definition) is 6. The number of halogens is 4. The lowest BCUT2D eigenvalue weighted by Gasteiger charge is -2.14. The van der Waals surface area contributed by atoms with Crippen molar-refractivity contribution in [2.24, 2.45) is 0 Å². The van der Waals surface area contributed by atoms with E-state index in [2.05, 4.69) is 27.9 Å². The van der Waals surface area contributed by atoms with Gasteiger partial charge in [0.05, 0.1) is 36.3 Å². The topological polar surface area (TPSA) is 84.9 Å². The number of ether oxygens (including phenoxy) is 2. The van der Waals surface area contributed by atoms with Crippen LogP contribution in [-0.4, -0.2) is 35.6 Å². The number of nitrogens with one attached hydrogen (secondary N) is 1. The van der Waals surface area contributed by atoms with Gasteiger partial charge in [0.1, 0.15) is 13.2 Å². The minimum Gasteiger partial charge on any atom is -0.493 e. The fourth-order valence-electron chi connectivity index (χ4n) is 3.43. The fraction of sp³-hybridized carbons (Fsp3) is 0.115. The molecule has 0 aromatic heterocycles. The molecule has 3 aromatic carbocycles. The molecule has 3 amide bonds. The number of anilines is 1. The van der Waals surface area contributed by atoms with E-state index in [4.69, 9.17) is 44.3 Å². The van der Waals surface area contributed by atoms with Crippen LogP contribution in [0.2, 0.25) is 15.1 Å². The molecule has 3 aromatic rings. The van der Waals surface area contributed by atoms with Crippen molar-refractivity contribution >= 4 is 98.0 Å². The number of methoxy groups -OCH3 is 1. The van der Waals surface area contributed by atoms with Crippen molar-refractivity contribution in [1.82, 2.24) is 4.90 Å². The van der Waals surface area contributed by atoms with E-state index in [-0.39, 0.29) is 11.5 Å². The summed E-state index contributed by atoms with van der Waals surface area (Å²) in [6.45, 7) is -0.201. The second-order valence-electron chi connectivity index (χ2n) is 7.87. The molecule has 0 bridgehead atoms. The Morgan fingerprint density at radius 3 is 2.53 bits per heavy atom. The monoisotopic (exact) mass is 702 g/mol. The first-order valence-electron chi connectivity index (χ1n) is 10.9. The lowest BCUT2D eigenvalue weighted by molar-refractivity contribution is -0.127. The molecule has 12 heteroatoms. The van der Waals surface area contributed by atoms with Crippen LogP contribution < -0.4 is 14.8 Å². The van der Waals surface area contributed by atoms with Gasteiger partial charge in [0.15, 0.2) is 11.5 Å². The molecule has 4 rings (SSSR count). The number of thioether (sulfide) groups is 1. The molecule has 7 nitrogen and oxygen atoms in total. The third-order valence-corrected chi connectivity index (χ3v) is 8.02. The number of para-hydroxylation sites is 1. The average molecular weight is 704 g/mol. The zero-order valence-corrected chi connectivity index (χ0v) is 24.8. The highest BCUT2D eigenvalue weighted by atomic mass is 127. The van der Waals surface area contributed by atoms with E-state index in [1.54, 1.807) is 54.6 Å². The largest absolute Gasteiger partial charge is 0.493 e. The van der Waals surface area contributed by atoms with Crippen molar-refractivity contribution in [2.45, 2.75) is 6.61 Å². The van der Waals surface area contributed by atoms with E-state index >= 15 is 0 Å². The highest BCUT2D eigenvalue weighted by Crippen LogP contribution is 2.38. The predicted molar refractivity (Wildman–Crippen MR) is 159 cm³/mol. The number of amides is 3. The maximum Gasteiger partial charge on any atom is 0.294 e. The van der Waals surface area contributed by atoms with Crippen molar-refractivity contribution in [3.05, 3.63) is 89.3 Å². The van der Waals surface area contributed by atoms with E-state index in [0.29, 0.717) is 37.8 Å². The molecule has 196 valence electrons. The summed E-state index contributed by atoms with van der Waals surface area (Å²) in [4.78, 5) is 39.0. The lowest BCUT2D eigenvalue weighted by Crippen LogP contribution is -2.36. The molecule has 38 heavy (non-hydrogen) atoms. The number of carbonyl (C=O) groups excluding carboxylic acids is 3. The molecule has 0 radical (unpaired) electrons. The van der Waals surface area contributed by atoms with Crippen molar-refractivity contribution in [2.75, 3.05) is 19.0 Å². The molecular weight excluding hydrogens is 686 g/mol. The molecule has 1 N–H and O–H groups in total. The van der Waals surface area contributed by atoms with E-state index in [9.17, 15) is 14.4 Å². The van der Waals surface area contributed by atoms with Crippen molar-refractivity contribution in [3.63, 3.8) is 0 Å². The average Bonchev–Trinajstić information content (AvgIpc) is 3.13. The van der Waals surface area contributed by atoms with Gasteiger partial charge in [-0.05, 0) is 88.0 Å². The number of imide groups is 1. The van der Waals surface area contributed by atoms with Gasteiger partial charge < -0.3 is 14.8 Å². The maximum absolute atomic E-state index is 12.9. The second-order valence-corrected chi connectivity index (χ2v) is 11.2. The molecule has 1 fully saturated rings. The van der Waals surface area contributed by atoms with Gasteiger partial charge in [0.25, 0.3) is 11.1 Å². The number of nitrogens with zero attached hydrogens (tertiary/aromatic N) is 1. The van der Waals surface area contributed by atoms with Gasteiger partial charge in [0, 0.05) is 0 Å². The van der Waals surface area contributed by atoms with Gasteiger partial charge in [-0.25, -0.2) is 0 Å². The SMILES string of the molecule is COc1cc(/C=C2/SC(=O)N(CC(=O)Nc3ccccc3Cl)C2=O)cc(I)c1OCc1ccc(Cl)c(Cl)c1. The normalized spacial score (nSPS) is 14.2. The van der Waals surface area contributed by atoms with Crippen molar-refractivity contribution < 1.29 is 23.9 Å². The molecule has 0 unspecified atom stereocenters. The first-order chi connectivity index (χ1) is 18.2. The fourth-order valence-corrected chi connectivity index (χ4v) is 5.55. The second kappa shape index (κ2) is 12.6. The first-order valence-corrected chi connectivity index (χ1v) is 13.9. The van der Waals surface area contributed by atoms with E-state index < -0.39 is 23.6 Å². The number of carbonyl (C=O) groups is 3. The summed E-state index contributed by atoms with van der Waals surface area (Å²) in [5.41, 5.74) is 1.84. The van der Waals surface area contributed by atoms with Crippen LogP contribution in [0, 0.1) is 3.57 Å². The zero-order chi connectivity index (χ0) is 27.4. The van der Waals surface area contributed by atoms with Crippen LogP contribution in [0.1, 0.15) is 11.1 Å². The van der Waals surface area contributed by atoms with Crippen molar-refractivity contribution in [1.29, 1.82) is 0 Å². The Balaban J connectivity index is 1.47. The Hall–Kier alpha value is -2.44. The highest BCUT2D eigenvalue weighted by molar-refractivity contribution is 14.1. The zero-order valence-electron chi connectivity index (χ0n) is 19.6. The summed E-state index contributed by atoms with van der Waals surface area (Å²) >= 11 is 21.0. The van der Waals surface area contributed by atoms with Crippen LogP contribution in [0.5, 0.6) is 11.5 Å². The van der Waals surface area contributed by atoms with Gasteiger partial charge in [0.2, 0.25) is 5.91 Å².